The SMILES string of the molecule is C/C=C1\CCC#CC(C)(CC)/C(CC#N)=N\C1. The fourth-order valence-electron chi connectivity index (χ4n) is 1.86. The molecule has 1 aliphatic rings. The van der Waals surface area contributed by atoms with E-state index in [0.717, 1.165) is 25.0 Å². The van der Waals surface area contributed by atoms with Gasteiger partial charge < -0.3 is 0 Å². The second kappa shape index (κ2) is 6.26. The molecule has 0 aromatic rings. The van der Waals surface area contributed by atoms with Crippen molar-refractivity contribution in [2.45, 2.75) is 46.5 Å². The standard InChI is InChI=1S/C15H20N2/c1-4-13-8-6-7-10-15(3,5-2)14(9-11-16)17-12-13/h4H,5-6,8-9,12H2,1-3H3/b13-4+,17-14-. The molecule has 1 rings (SSSR count). The zero-order valence-corrected chi connectivity index (χ0v) is 11.0. The molecule has 1 heterocycles. The maximum Gasteiger partial charge on any atom is 0.0746 e. The van der Waals surface area contributed by atoms with Crippen LogP contribution in [0.5, 0.6) is 0 Å². The van der Waals surface area contributed by atoms with E-state index in [-0.39, 0.29) is 5.41 Å². The van der Waals surface area contributed by atoms with E-state index in [1.807, 2.05) is 6.92 Å². The molecule has 0 aromatic carbocycles. The predicted molar refractivity (Wildman–Crippen MR) is 71.7 cm³/mol. The van der Waals surface area contributed by atoms with Crippen LogP contribution in [-0.2, 0) is 0 Å². The number of nitriles is 1. The van der Waals surface area contributed by atoms with Crippen molar-refractivity contribution in [3.05, 3.63) is 11.6 Å². The number of nitrogens with zero attached hydrogens (tertiary/aromatic N) is 2. The van der Waals surface area contributed by atoms with Crippen molar-refractivity contribution in [3.8, 4) is 17.9 Å². The van der Waals surface area contributed by atoms with Gasteiger partial charge in [0.2, 0.25) is 0 Å². The molecule has 0 saturated carbocycles. The van der Waals surface area contributed by atoms with Crippen molar-refractivity contribution in [3.63, 3.8) is 0 Å². The van der Waals surface area contributed by atoms with Crippen LogP contribution in [0, 0.1) is 28.6 Å². The molecule has 0 spiro atoms. The highest BCUT2D eigenvalue weighted by molar-refractivity contribution is 5.94. The Morgan fingerprint density at radius 1 is 1.59 bits per heavy atom. The minimum absolute atomic E-state index is 0.223. The van der Waals surface area contributed by atoms with E-state index in [2.05, 4.69) is 42.8 Å². The predicted octanol–water partition coefficient (Wildman–Crippen LogP) is 3.50. The van der Waals surface area contributed by atoms with Crippen LogP contribution in [0.4, 0.5) is 0 Å². The minimum atomic E-state index is -0.223. The summed E-state index contributed by atoms with van der Waals surface area (Å²) in [5.41, 5.74) is 2.03. The lowest BCUT2D eigenvalue weighted by Crippen LogP contribution is -2.25. The Kier molecular flexibility index (Phi) is 4.98. The van der Waals surface area contributed by atoms with Crippen molar-refractivity contribution in [2.24, 2.45) is 10.4 Å². The van der Waals surface area contributed by atoms with Crippen LogP contribution in [0.3, 0.4) is 0 Å². The van der Waals surface area contributed by atoms with E-state index < -0.39 is 0 Å². The van der Waals surface area contributed by atoms with Gasteiger partial charge in [-0.2, -0.15) is 5.26 Å². The topological polar surface area (TPSA) is 36.1 Å². The highest BCUT2D eigenvalue weighted by Crippen LogP contribution is 2.25. The van der Waals surface area contributed by atoms with Crippen molar-refractivity contribution in [2.75, 3.05) is 6.54 Å². The molecule has 0 aromatic heterocycles. The molecule has 0 fully saturated rings. The van der Waals surface area contributed by atoms with Gasteiger partial charge in [-0.05, 0) is 26.7 Å². The summed E-state index contributed by atoms with van der Waals surface area (Å²) < 4.78 is 0. The van der Waals surface area contributed by atoms with Crippen LogP contribution < -0.4 is 0 Å². The second-order valence-corrected chi connectivity index (χ2v) is 4.53. The van der Waals surface area contributed by atoms with Gasteiger partial charge >= 0.3 is 0 Å². The van der Waals surface area contributed by atoms with E-state index in [1.165, 1.54) is 5.57 Å². The van der Waals surface area contributed by atoms with E-state index in [1.54, 1.807) is 0 Å². The molecule has 2 nitrogen and oxygen atoms in total. The first kappa shape index (κ1) is 13.5. The van der Waals surface area contributed by atoms with Crippen molar-refractivity contribution < 1.29 is 0 Å². The summed E-state index contributed by atoms with van der Waals surface area (Å²) in [6.45, 7) is 6.96. The van der Waals surface area contributed by atoms with Crippen molar-refractivity contribution in [1.82, 2.24) is 0 Å². The summed E-state index contributed by atoms with van der Waals surface area (Å²) in [5.74, 6) is 6.55. The zero-order chi connectivity index (χ0) is 12.7. The summed E-state index contributed by atoms with van der Waals surface area (Å²) in [7, 11) is 0. The van der Waals surface area contributed by atoms with Crippen molar-refractivity contribution in [1.29, 1.82) is 5.26 Å². The number of aliphatic imine (C=N–C) groups is 1. The van der Waals surface area contributed by atoms with Gasteiger partial charge in [0, 0.05) is 12.1 Å². The molecular weight excluding hydrogens is 208 g/mol. The lowest BCUT2D eigenvalue weighted by Gasteiger charge is -2.22. The second-order valence-electron chi connectivity index (χ2n) is 4.53. The number of hydrogen-bond donors (Lipinski definition) is 0. The van der Waals surface area contributed by atoms with Crippen LogP contribution >= 0.6 is 0 Å². The largest absolute Gasteiger partial charge is 0.287 e. The van der Waals surface area contributed by atoms with Gasteiger partial charge in [0.15, 0.2) is 0 Å². The summed E-state index contributed by atoms with van der Waals surface area (Å²) >= 11 is 0. The van der Waals surface area contributed by atoms with Gasteiger partial charge in [0.05, 0.1) is 24.4 Å². The Balaban J connectivity index is 3.11. The molecule has 0 bridgehead atoms. The monoisotopic (exact) mass is 228 g/mol. The fourth-order valence-corrected chi connectivity index (χ4v) is 1.86. The van der Waals surface area contributed by atoms with Gasteiger partial charge in [0.25, 0.3) is 0 Å². The van der Waals surface area contributed by atoms with Crippen LogP contribution in [0.15, 0.2) is 16.6 Å². The Hall–Kier alpha value is -1.54. The number of rotatable bonds is 2. The third kappa shape index (κ3) is 3.46. The average molecular weight is 228 g/mol. The smallest absolute Gasteiger partial charge is 0.0746 e. The molecule has 0 amide bonds. The summed E-state index contributed by atoms with van der Waals surface area (Å²) in [6.07, 6.45) is 5.29. The molecule has 1 atom stereocenters. The van der Waals surface area contributed by atoms with E-state index in [0.29, 0.717) is 13.0 Å². The normalized spacial score (nSPS) is 30.0. The minimum Gasteiger partial charge on any atom is -0.287 e. The first-order valence-electron chi connectivity index (χ1n) is 6.21. The third-order valence-electron chi connectivity index (χ3n) is 3.41. The molecule has 1 unspecified atom stereocenters. The van der Waals surface area contributed by atoms with Crippen LogP contribution in [0.2, 0.25) is 0 Å². The van der Waals surface area contributed by atoms with Gasteiger partial charge in [-0.25, -0.2) is 0 Å². The van der Waals surface area contributed by atoms with Gasteiger partial charge in [-0.1, -0.05) is 24.5 Å². The lowest BCUT2D eigenvalue weighted by molar-refractivity contribution is 0.587. The molecular formula is C15H20N2. The Bertz CT molecular complexity index is 426. The molecule has 0 aliphatic carbocycles. The summed E-state index contributed by atoms with van der Waals surface area (Å²) in [4.78, 5) is 4.63. The van der Waals surface area contributed by atoms with Crippen molar-refractivity contribution >= 4 is 5.71 Å². The van der Waals surface area contributed by atoms with E-state index >= 15 is 0 Å². The maximum absolute atomic E-state index is 8.91. The first-order chi connectivity index (χ1) is 8.16. The molecule has 17 heavy (non-hydrogen) atoms. The molecule has 0 N–H and O–H groups in total. The highest BCUT2D eigenvalue weighted by atomic mass is 14.8. The Morgan fingerprint density at radius 2 is 2.35 bits per heavy atom. The molecule has 2 heteroatoms. The van der Waals surface area contributed by atoms with Gasteiger partial charge in [-0.15, -0.1) is 5.92 Å². The van der Waals surface area contributed by atoms with E-state index in [9.17, 15) is 0 Å². The van der Waals surface area contributed by atoms with E-state index in [4.69, 9.17) is 5.26 Å². The quantitative estimate of drug-likeness (QED) is 0.526. The Labute approximate surface area is 104 Å². The highest BCUT2D eigenvalue weighted by Gasteiger charge is 2.26. The fraction of sp³-hybridized carbons (Fsp3) is 0.600. The number of hydrogen-bond acceptors (Lipinski definition) is 2. The maximum atomic E-state index is 8.91. The van der Waals surface area contributed by atoms with Crippen LogP contribution in [-0.4, -0.2) is 12.3 Å². The molecule has 0 radical (unpaired) electrons. The van der Waals surface area contributed by atoms with Crippen LogP contribution in [0.25, 0.3) is 0 Å². The summed E-state index contributed by atoms with van der Waals surface area (Å²) in [6, 6.07) is 2.21. The number of allylic oxidation sites excluding steroid dienone is 1. The molecule has 0 saturated heterocycles. The van der Waals surface area contributed by atoms with Crippen LogP contribution in [0.1, 0.15) is 46.5 Å². The summed E-state index contributed by atoms with van der Waals surface area (Å²) in [5, 5.41) is 8.91. The molecule has 90 valence electrons. The first-order valence-corrected chi connectivity index (χ1v) is 6.21. The zero-order valence-electron chi connectivity index (χ0n) is 11.0. The van der Waals surface area contributed by atoms with Gasteiger partial charge in [0.1, 0.15) is 0 Å². The Morgan fingerprint density at radius 3 is 2.94 bits per heavy atom. The third-order valence-corrected chi connectivity index (χ3v) is 3.41. The molecule has 1 aliphatic heterocycles. The van der Waals surface area contributed by atoms with Gasteiger partial charge in [-0.3, -0.25) is 4.99 Å². The average Bonchev–Trinajstić information content (AvgIpc) is 2.42. The lowest BCUT2D eigenvalue weighted by atomic mass is 9.81.